The highest BCUT2D eigenvalue weighted by Crippen LogP contribution is 2.18. The number of hydrogen-bond donors (Lipinski definition) is 3. The first kappa shape index (κ1) is 17.1. The Labute approximate surface area is 135 Å². The van der Waals surface area contributed by atoms with Crippen LogP contribution in [0.4, 0.5) is 4.79 Å². The molecule has 0 bridgehead atoms. The highest BCUT2D eigenvalue weighted by atomic mass is 16.5. The Morgan fingerprint density at radius 1 is 1.48 bits per heavy atom. The minimum atomic E-state index is -0.408. The molecule has 23 heavy (non-hydrogen) atoms. The molecule has 1 aromatic heterocycles. The zero-order chi connectivity index (χ0) is 16.8. The molecule has 3 N–H and O–H groups in total. The van der Waals surface area contributed by atoms with Crippen LogP contribution in [-0.4, -0.2) is 31.2 Å². The van der Waals surface area contributed by atoms with Crippen molar-refractivity contribution in [2.75, 3.05) is 13.2 Å². The summed E-state index contributed by atoms with van der Waals surface area (Å²) in [5, 5.41) is 8.70. The van der Waals surface area contributed by atoms with Crippen molar-refractivity contribution in [1.82, 2.24) is 16.0 Å². The summed E-state index contributed by atoms with van der Waals surface area (Å²) in [6.45, 7) is 6.23. The lowest BCUT2D eigenvalue weighted by atomic mass is 10.00. The van der Waals surface area contributed by atoms with Crippen LogP contribution >= 0.6 is 0 Å². The predicted molar refractivity (Wildman–Crippen MR) is 84.5 cm³/mol. The average Bonchev–Trinajstić information content (AvgIpc) is 3.06. The summed E-state index contributed by atoms with van der Waals surface area (Å²) in [7, 11) is 0. The molecule has 2 heterocycles. The zero-order valence-electron chi connectivity index (χ0n) is 13.6. The molecule has 0 saturated carbocycles. The summed E-state index contributed by atoms with van der Waals surface area (Å²) in [6.07, 6.45) is 2.22. The van der Waals surface area contributed by atoms with Crippen molar-refractivity contribution < 1.29 is 18.7 Å². The van der Waals surface area contributed by atoms with Gasteiger partial charge in [-0.05, 0) is 32.4 Å². The summed E-state index contributed by atoms with van der Waals surface area (Å²) in [5.41, 5.74) is 1.01. The van der Waals surface area contributed by atoms with E-state index in [1.807, 2.05) is 26.0 Å². The summed E-state index contributed by atoms with van der Waals surface area (Å²) in [6, 6.07) is 2.98. The fourth-order valence-electron chi connectivity index (χ4n) is 2.49. The smallest absolute Gasteiger partial charge is 0.337 e. The molecule has 126 valence electrons. The molecule has 7 nitrogen and oxygen atoms in total. The summed E-state index contributed by atoms with van der Waals surface area (Å²) >= 11 is 0. The van der Waals surface area contributed by atoms with Crippen LogP contribution in [0.15, 0.2) is 34.1 Å². The molecule has 0 aliphatic carbocycles. The molecule has 0 unspecified atom stereocenters. The monoisotopic (exact) mass is 321 g/mol. The third-order valence-electron chi connectivity index (χ3n) is 3.70. The Hall–Kier alpha value is -2.28. The normalized spacial score (nSPS) is 19.1. The van der Waals surface area contributed by atoms with Gasteiger partial charge in [0.15, 0.2) is 0 Å². The summed E-state index contributed by atoms with van der Waals surface area (Å²) in [5.74, 6) is 0.380. The number of amides is 2. The number of ether oxygens (including phenoxy) is 1. The van der Waals surface area contributed by atoms with E-state index >= 15 is 0 Å². The number of esters is 1. The van der Waals surface area contributed by atoms with Crippen molar-refractivity contribution in [2.45, 2.75) is 39.3 Å². The van der Waals surface area contributed by atoms with E-state index in [2.05, 4.69) is 16.0 Å². The minimum Gasteiger partial charge on any atom is -0.468 e. The standard InChI is InChI=1S/C16H23N3O4/c1-4-11-14(15(20)22-5-2)12(19-16(21)18-11)9-17-10(3)13-7-6-8-23-13/h6-8,10-11,17H,4-5,9H2,1-3H3,(H2,18,19,21)/t10-,11+/m1/s1. The van der Waals surface area contributed by atoms with Crippen LogP contribution in [0.25, 0.3) is 0 Å². The van der Waals surface area contributed by atoms with Gasteiger partial charge in [0.1, 0.15) is 5.76 Å². The van der Waals surface area contributed by atoms with Crippen molar-refractivity contribution in [3.05, 3.63) is 35.4 Å². The molecule has 2 atom stereocenters. The average molecular weight is 321 g/mol. The SMILES string of the molecule is CCOC(=O)C1=C(CN[C@H](C)c2ccco2)NC(=O)N[C@H]1CC. The molecule has 7 heteroatoms. The van der Waals surface area contributed by atoms with Gasteiger partial charge in [-0.1, -0.05) is 6.92 Å². The van der Waals surface area contributed by atoms with Crippen molar-refractivity contribution in [1.29, 1.82) is 0 Å². The van der Waals surface area contributed by atoms with Gasteiger partial charge in [-0.2, -0.15) is 0 Å². The second-order valence-electron chi connectivity index (χ2n) is 5.29. The Morgan fingerprint density at radius 2 is 2.26 bits per heavy atom. The van der Waals surface area contributed by atoms with Gasteiger partial charge < -0.3 is 25.1 Å². The largest absolute Gasteiger partial charge is 0.468 e. The van der Waals surface area contributed by atoms with Crippen LogP contribution in [-0.2, 0) is 9.53 Å². The first-order valence-corrected chi connectivity index (χ1v) is 7.81. The molecule has 1 aliphatic rings. The van der Waals surface area contributed by atoms with Crippen LogP contribution < -0.4 is 16.0 Å². The van der Waals surface area contributed by atoms with Gasteiger partial charge in [0.05, 0.1) is 30.5 Å². The maximum Gasteiger partial charge on any atom is 0.337 e. The molecular weight excluding hydrogens is 298 g/mol. The highest BCUT2D eigenvalue weighted by Gasteiger charge is 2.31. The third kappa shape index (κ3) is 4.13. The number of rotatable bonds is 7. The molecule has 0 spiro atoms. The second kappa shape index (κ2) is 7.82. The third-order valence-corrected chi connectivity index (χ3v) is 3.70. The van der Waals surface area contributed by atoms with Crippen molar-refractivity contribution in [3.8, 4) is 0 Å². The lowest BCUT2D eigenvalue weighted by Crippen LogP contribution is -2.51. The van der Waals surface area contributed by atoms with Crippen LogP contribution in [0.2, 0.25) is 0 Å². The fraction of sp³-hybridized carbons (Fsp3) is 0.500. The van der Waals surface area contributed by atoms with E-state index in [4.69, 9.17) is 9.15 Å². The number of carbonyl (C=O) groups is 2. The van der Waals surface area contributed by atoms with Gasteiger partial charge in [-0.25, -0.2) is 9.59 Å². The molecule has 0 aromatic carbocycles. The number of carbonyl (C=O) groups excluding carboxylic acids is 2. The van der Waals surface area contributed by atoms with Gasteiger partial charge in [0, 0.05) is 12.2 Å². The summed E-state index contributed by atoms with van der Waals surface area (Å²) in [4.78, 5) is 24.0. The molecule has 2 amide bonds. The molecule has 0 saturated heterocycles. The Morgan fingerprint density at radius 3 is 2.87 bits per heavy atom. The van der Waals surface area contributed by atoms with Crippen molar-refractivity contribution >= 4 is 12.0 Å². The van der Waals surface area contributed by atoms with Crippen LogP contribution in [0.3, 0.4) is 0 Å². The Bertz CT molecular complexity index is 580. The minimum absolute atomic E-state index is 0.0483. The van der Waals surface area contributed by atoms with Crippen LogP contribution in [0.1, 0.15) is 39.0 Å². The fourth-order valence-corrected chi connectivity index (χ4v) is 2.49. The van der Waals surface area contributed by atoms with Gasteiger partial charge >= 0.3 is 12.0 Å². The van der Waals surface area contributed by atoms with Crippen LogP contribution in [0.5, 0.6) is 0 Å². The van der Waals surface area contributed by atoms with Gasteiger partial charge in [-0.15, -0.1) is 0 Å². The van der Waals surface area contributed by atoms with Gasteiger partial charge in [-0.3, -0.25) is 0 Å². The number of urea groups is 1. The van der Waals surface area contributed by atoms with Gasteiger partial charge in [0.2, 0.25) is 0 Å². The first-order valence-electron chi connectivity index (χ1n) is 7.81. The number of furan rings is 1. The maximum absolute atomic E-state index is 12.2. The number of nitrogens with one attached hydrogen (secondary N) is 3. The summed E-state index contributed by atoms with van der Waals surface area (Å²) < 4.78 is 10.5. The van der Waals surface area contributed by atoms with Gasteiger partial charge in [0.25, 0.3) is 0 Å². The zero-order valence-corrected chi connectivity index (χ0v) is 13.6. The van der Waals surface area contributed by atoms with E-state index < -0.39 is 5.97 Å². The molecule has 2 rings (SSSR count). The predicted octanol–water partition coefficient (Wildman–Crippen LogP) is 1.84. The topological polar surface area (TPSA) is 92.6 Å². The molecule has 1 aromatic rings. The number of hydrogen-bond acceptors (Lipinski definition) is 5. The van der Waals surface area contributed by atoms with E-state index in [1.165, 1.54) is 0 Å². The maximum atomic E-state index is 12.2. The van der Waals surface area contributed by atoms with E-state index in [1.54, 1.807) is 13.2 Å². The van der Waals surface area contributed by atoms with E-state index in [-0.39, 0.29) is 24.7 Å². The molecule has 0 fully saturated rings. The highest BCUT2D eigenvalue weighted by molar-refractivity contribution is 5.94. The van der Waals surface area contributed by atoms with E-state index in [9.17, 15) is 9.59 Å². The second-order valence-corrected chi connectivity index (χ2v) is 5.29. The van der Waals surface area contributed by atoms with Crippen molar-refractivity contribution in [3.63, 3.8) is 0 Å². The Kier molecular flexibility index (Phi) is 5.81. The molecule has 0 radical (unpaired) electrons. The van der Waals surface area contributed by atoms with Crippen molar-refractivity contribution in [2.24, 2.45) is 0 Å². The lowest BCUT2D eigenvalue weighted by molar-refractivity contribution is -0.139. The van der Waals surface area contributed by atoms with Crippen LogP contribution in [0, 0.1) is 0 Å². The van der Waals surface area contributed by atoms with E-state index in [0.29, 0.717) is 24.2 Å². The first-order chi connectivity index (χ1) is 11.1. The Balaban J connectivity index is 2.17. The lowest BCUT2D eigenvalue weighted by Gasteiger charge is -2.29. The molecular formula is C16H23N3O4. The quantitative estimate of drug-likeness (QED) is 0.666. The molecule has 1 aliphatic heterocycles. The van der Waals surface area contributed by atoms with E-state index in [0.717, 1.165) is 5.76 Å².